The first-order valence-corrected chi connectivity index (χ1v) is 23.1. The van der Waals surface area contributed by atoms with Gasteiger partial charge >= 0.3 is 0 Å². The molecule has 0 saturated heterocycles. The van der Waals surface area contributed by atoms with Crippen LogP contribution >= 0.6 is 11.3 Å². The summed E-state index contributed by atoms with van der Waals surface area (Å²) in [5, 5.41) is 15.4. The molecule has 2 aliphatic carbocycles. The van der Waals surface area contributed by atoms with Gasteiger partial charge in [0.15, 0.2) is 0 Å². The van der Waals surface area contributed by atoms with Crippen LogP contribution in [0.15, 0.2) is 218 Å². The fourth-order valence-corrected chi connectivity index (χ4v) is 13.3. The lowest BCUT2D eigenvalue weighted by Gasteiger charge is -2.31. The van der Waals surface area contributed by atoms with Crippen LogP contribution in [-0.2, 0) is 5.41 Å². The quantitative estimate of drug-likeness (QED) is 0.152. The highest BCUT2D eigenvalue weighted by atomic mass is 32.1. The third-order valence-electron chi connectivity index (χ3n) is 14.8. The van der Waals surface area contributed by atoms with Crippen LogP contribution in [0.5, 0.6) is 0 Å². The number of hydrogen-bond acceptors (Lipinski definition) is 1. The van der Waals surface area contributed by atoms with Crippen molar-refractivity contribution in [3.05, 3.63) is 241 Å². The summed E-state index contributed by atoms with van der Waals surface area (Å²) in [6.07, 6.45) is 0. The third-order valence-corrected chi connectivity index (χ3v) is 15.9. The molecule has 15 rings (SSSR count). The molecule has 0 amide bonds. The van der Waals surface area contributed by atoms with Crippen LogP contribution in [0.4, 0.5) is 0 Å². The summed E-state index contributed by atoms with van der Waals surface area (Å²) in [7, 11) is 0. The number of benzene rings is 12. The minimum absolute atomic E-state index is 0.439. The van der Waals surface area contributed by atoms with Crippen LogP contribution in [0.2, 0.25) is 0 Å². The zero-order chi connectivity index (χ0) is 41.7. The summed E-state index contributed by atoms with van der Waals surface area (Å²) in [5.41, 5.74) is 15.5. The van der Waals surface area contributed by atoms with E-state index in [9.17, 15) is 0 Å². The van der Waals surface area contributed by atoms with Crippen molar-refractivity contribution in [1.29, 1.82) is 0 Å². The minimum Gasteiger partial charge on any atom is -0.135 e. The first-order chi connectivity index (χ1) is 31.7. The largest absolute Gasteiger partial charge is 0.135 e. The monoisotopic (exact) mass is 824 g/mol. The molecule has 13 aromatic rings. The molecule has 1 spiro atoms. The molecule has 1 heteroatoms. The Balaban J connectivity index is 0.977. The maximum atomic E-state index is 2.49. The second-order valence-electron chi connectivity index (χ2n) is 17.9. The van der Waals surface area contributed by atoms with Gasteiger partial charge in [-0.05, 0) is 163 Å². The van der Waals surface area contributed by atoms with E-state index in [0.29, 0.717) is 0 Å². The Kier molecular flexibility index (Phi) is 6.85. The highest BCUT2D eigenvalue weighted by molar-refractivity contribution is 7.25. The molecular weight excluding hydrogens is 789 g/mol. The van der Waals surface area contributed by atoms with Gasteiger partial charge in [0.25, 0.3) is 0 Å². The second-order valence-corrected chi connectivity index (χ2v) is 18.9. The predicted molar refractivity (Wildman–Crippen MR) is 274 cm³/mol. The van der Waals surface area contributed by atoms with Crippen LogP contribution in [0, 0.1) is 0 Å². The molecule has 64 heavy (non-hydrogen) atoms. The molecule has 0 nitrogen and oxygen atoms in total. The second kappa shape index (κ2) is 12.6. The van der Waals surface area contributed by atoms with Gasteiger partial charge in [0.2, 0.25) is 0 Å². The van der Waals surface area contributed by atoms with Crippen LogP contribution in [0.1, 0.15) is 22.3 Å². The minimum atomic E-state index is -0.439. The lowest BCUT2D eigenvalue weighted by atomic mass is 9.69. The molecule has 1 aromatic heterocycles. The van der Waals surface area contributed by atoms with Crippen molar-refractivity contribution in [2.24, 2.45) is 0 Å². The summed E-state index contributed by atoms with van der Waals surface area (Å²) in [6, 6.07) is 83.0. The number of thiophene rings is 1. The first kappa shape index (κ1) is 34.7. The molecule has 1 heterocycles. The summed E-state index contributed by atoms with van der Waals surface area (Å²) in [6.45, 7) is 0. The van der Waals surface area contributed by atoms with Crippen LogP contribution in [-0.4, -0.2) is 0 Å². The van der Waals surface area contributed by atoms with E-state index in [1.807, 2.05) is 11.3 Å². The molecule has 0 saturated carbocycles. The zero-order valence-corrected chi connectivity index (χ0v) is 35.5. The van der Waals surface area contributed by atoms with Gasteiger partial charge in [0, 0.05) is 20.2 Å². The molecule has 0 bridgehead atoms. The van der Waals surface area contributed by atoms with Gasteiger partial charge in [-0.2, -0.15) is 0 Å². The summed E-state index contributed by atoms with van der Waals surface area (Å²) in [5.74, 6) is 0. The van der Waals surface area contributed by atoms with Crippen LogP contribution < -0.4 is 0 Å². The van der Waals surface area contributed by atoms with Gasteiger partial charge in [-0.15, -0.1) is 11.3 Å². The Morgan fingerprint density at radius 3 is 1.44 bits per heavy atom. The van der Waals surface area contributed by atoms with Crippen LogP contribution in [0.3, 0.4) is 0 Å². The van der Waals surface area contributed by atoms with E-state index in [2.05, 4.69) is 218 Å². The molecular formula is C63H36S. The highest BCUT2D eigenvalue weighted by Crippen LogP contribution is 2.64. The van der Waals surface area contributed by atoms with Crippen molar-refractivity contribution in [2.75, 3.05) is 0 Å². The van der Waals surface area contributed by atoms with Crippen LogP contribution in [0.25, 0.3) is 119 Å². The Hall–Kier alpha value is -7.84. The van der Waals surface area contributed by atoms with Gasteiger partial charge in [-0.1, -0.05) is 176 Å². The van der Waals surface area contributed by atoms with E-state index in [0.717, 1.165) is 0 Å². The molecule has 0 fully saturated rings. The maximum Gasteiger partial charge on any atom is 0.0731 e. The number of rotatable bonds is 2. The Bertz CT molecular complexity index is 4100. The molecule has 12 aromatic carbocycles. The van der Waals surface area contributed by atoms with Gasteiger partial charge in [-0.25, -0.2) is 0 Å². The molecule has 0 radical (unpaired) electrons. The van der Waals surface area contributed by atoms with Crippen molar-refractivity contribution in [3.8, 4) is 44.5 Å². The third kappa shape index (κ3) is 4.46. The SMILES string of the molecule is c1ccc2c(c1)-c1ccccc1C21c2cc3ccccc3cc2-c2ccc3cc(-c4c5ccccc5c(-c5ccc6sc7cc8ccccc8cc7c6c5)c5ccccc45)ccc3c21. The Labute approximate surface area is 373 Å². The van der Waals surface area contributed by atoms with Gasteiger partial charge in [0.05, 0.1) is 5.41 Å². The van der Waals surface area contributed by atoms with E-state index in [1.165, 1.54) is 141 Å². The topological polar surface area (TPSA) is 0 Å². The van der Waals surface area contributed by atoms with E-state index in [4.69, 9.17) is 0 Å². The fourth-order valence-electron chi connectivity index (χ4n) is 12.2. The summed E-state index contributed by atoms with van der Waals surface area (Å²) in [4.78, 5) is 0. The number of hydrogen-bond donors (Lipinski definition) is 0. The predicted octanol–water partition coefficient (Wildman–Crippen LogP) is 17.5. The van der Waals surface area contributed by atoms with Crippen molar-refractivity contribution < 1.29 is 0 Å². The van der Waals surface area contributed by atoms with E-state index in [1.54, 1.807) is 0 Å². The number of fused-ring (bicyclic) bond motifs is 19. The molecule has 0 atom stereocenters. The average molecular weight is 825 g/mol. The summed E-state index contributed by atoms with van der Waals surface area (Å²) >= 11 is 1.89. The van der Waals surface area contributed by atoms with E-state index >= 15 is 0 Å². The fraction of sp³-hybridized carbons (Fsp3) is 0.0159. The van der Waals surface area contributed by atoms with Gasteiger partial charge in [0.1, 0.15) is 0 Å². The molecule has 0 unspecified atom stereocenters. The van der Waals surface area contributed by atoms with Crippen molar-refractivity contribution >= 4 is 85.4 Å². The van der Waals surface area contributed by atoms with Crippen molar-refractivity contribution in [3.63, 3.8) is 0 Å². The molecule has 2 aliphatic rings. The first-order valence-electron chi connectivity index (χ1n) is 22.3. The van der Waals surface area contributed by atoms with Gasteiger partial charge < -0.3 is 0 Å². The van der Waals surface area contributed by atoms with Gasteiger partial charge in [-0.3, -0.25) is 0 Å². The Morgan fingerprint density at radius 1 is 0.266 bits per heavy atom. The Morgan fingerprint density at radius 2 is 0.781 bits per heavy atom. The molecule has 294 valence electrons. The zero-order valence-electron chi connectivity index (χ0n) is 34.7. The smallest absolute Gasteiger partial charge is 0.0731 e. The van der Waals surface area contributed by atoms with Crippen molar-refractivity contribution in [1.82, 2.24) is 0 Å². The highest BCUT2D eigenvalue weighted by Gasteiger charge is 2.52. The van der Waals surface area contributed by atoms with Crippen molar-refractivity contribution in [2.45, 2.75) is 5.41 Å². The summed E-state index contributed by atoms with van der Waals surface area (Å²) < 4.78 is 2.66. The average Bonchev–Trinajstić information content (AvgIpc) is 3.96. The standard InChI is InChI=1S/C63H36S/c1-3-15-39-35-57-52(32-37(39)13-1)51-29-25-41-31-42(26-28-44(41)62(51)63(57)55-23-11-9-17-45(55)46-18-10-12-24-56(46)63)60-47-19-5-7-21-49(47)61(50-22-8-6-20-48(50)60)43-27-30-58-53(34-43)54-33-38-14-2-4-16-40(38)36-59(54)64-58/h1-36H. The lowest BCUT2D eigenvalue weighted by Crippen LogP contribution is -2.26. The normalized spacial score (nSPS) is 13.4. The van der Waals surface area contributed by atoms with E-state index in [-0.39, 0.29) is 0 Å². The van der Waals surface area contributed by atoms with E-state index < -0.39 is 5.41 Å². The molecule has 0 N–H and O–H groups in total. The molecule has 0 aliphatic heterocycles. The lowest BCUT2D eigenvalue weighted by molar-refractivity contribution is 0.802. The maximum absolute atomic E-state index is 2.49.